The summed E-state index contributed by atoms with van der Waals surface area (Å²) in [5.41, 5.74) is 3.09. The highest BCUT2D eigenvalue weighted by molar-refractivity contribution is 5.92. The van der Waals surface area contributed by atoms with Crippen LogP contribution in [0.2, 0.25) is 0 Å². The highest BCUT2D eigenvalue weighted by Crippen LogP contribution is 2.23. The molecule has 13 nitrogen and oxygen atoms in total. The van der Waals surface area contributed by atoms with Crippen molar-refractivity contribution < 1.29 is 29.1 Å². The summed E-state index contributed by atoms with van der Waals surface area (Å²) in [7, 11) is 4.86. The maximum atomic E-state index is 13.5. The Morgan fingerprint density at radius 3 is 2.32 bits per heavy atom. The van der Waals surface area contributed by atoms with E-state index in [-0.39, 0.29) is 24.4 Å². The van der Waals surface area contributed by atoms with Crippen LogP contribution in [0.3, 0.4) is 0 Å². The van der Waals surface area contributed by atoms with Crippen LogP contribution in [0.1, 0.15) is 63.1 Å². The smallest absolute Gasteiger partial charge is 0.321 e. The molecule has 0 saturated carbocycles. The number of nitrogens with one attached hydrogen (secondary N) is 4. The fourth-order valence-electron chi connectivity index (χ4n) is 5.90. The van der Waals surface area contributed by atoms with Gasteiger partial charge in [0.05, 0.1) is 19.1 Å². The first-order valence-corrected chi connectivity index (χ1v) is 17.2. The van der Waals surface area contributed by atoms with Crippen LogP contribution in [0.4, 0.5) is 10.5 Å². The molecule has 3 rings (SSSR count). The van der Waals surface area contributed by atoms with Gasteiger partial charge in [-0.15, -0.1) is 0 Å². The van der Waals surface area contributed by atoms with Gasteiger partial charge in [0.1, 0.15) is 12.1 Å². The molecule has 0 aromatic heterocycles. The summed E-state index contributed by atoms with van der Waals surface area (Å²) >= 11 is 0. The van der Waals surface area contributed by atoms with Crippen molar-refractivity contribution in [3.63, 3.8) is 0 Å². The molecule has 1 saturated heterocycles. The largest absolute Gasteiger partial charge is 0.381 e. The second-order valence-electron chi connectivity index (χ2n) is 12.8. The van der Waals surface area contributed by atoms with Crippen molar-refractivity contribution in [2.24, 2.45) is 0 Å². The van der Waals surface area contributed by atoms with Crippen LogP contribution in [-0.2, 0) is 25.6 Å². The molecule has 272 valence electrons. The number of anilines is 1. The Kier molecular flexibility index (Phi) is 15.3. The van der Waals surface area contributed by atoms with E-state index < -0.39 is 42.6 Å². The van der Waals surface area contributed by atoms with Gasteiger partial charge >= 0.3 is 6.03 Å². The zero-order valence-corrected chi connectivity index (χ0v) is 29.9. The number of urea groups is 1. The summed E-state index contributed by atoms with van der Waals surface area (Å²) in [6.07, 6.45) is 2.46. The number of nitrogens with zero attached hydrogens (tertiary/aromatic N) is 3. The number of amides is 6. The van der Waals surface area contributed by atoms with Crippen molar-refractivity contribution in [3.05, 3.63) is 78.0 Å². The van der Waals surface area contributed by atoms with Gasteiger partial charge in [-0.05, 0) is 48.9 Å². The van der Waals surface area contributed by atoms with E-state index in [9.17, 15) is 29.1 Å². The van der Waals surface area contributed by atoms with Gasteiger partial charge in [-0.1, -0.05) is 75.7 Å². The molecule has 0 bridgehead atoms. The summed E-state index contributed by atoms with van der Waals surface area (Å²) in [5.74, 6) is -2.15. The van der Waals surface area contributed by atoms with E-state index in [0.717, 1.165) is 30.5 Å². The van der Waals surface area contributed by atoms with Crippen molar-refractivity contribution in [3.8, 4) is 0 Å². The minimum Gasteiger partial charge on any atom is -0.381 e. The lowest BCUT2D eigenvalue weighted by molar-refractivity contribution is -0.136. The lowest BCUT2D eigenvalue weighted by atomic mass is 10.0. The van der Waals surface area contributed by atoms with Gasteiger partial charge in [-0.3, -0.25) is 24.1 Å². The maximum absolute atomic E-state index is 13.5. The fraction of sp³-hybridized carbons (Fsp3) is 0.486. The van der Waals surface area contributed by atoms with Crippen molar-refractivity contribution in [2.45, 2.75) is 76.6 Å². The van der Waals surface area contributed by atoms with Gasteiger partial charge in [0, 0.05) is 39.1 Å². The zero-order chi connectivity index (χ0) is 36.8. The molecule has 1 aliphatic rings. The lowest BCUT2D eigenvalue weighted by Gasteiger charge is -2.31. The van der Waals surface area contributed by atoms with Gasteiger partial charge in [-0.2, -0.15) is 0 Å². The third-order valence-electron chi connectivity index (χ3n) is 8.67. The third kappa shape index (κ3) is 11.1. The molecule has 1 fully saturated rings. The van der Waals surface area contributed by atoms with Crippen LogP contribution in [0.25, 0.3) is 0 Å². The number of likely N-dealkylation sites (tertiary alicyclic amines) is 1. The number of rotatable bonds is 17. The first-order chi connectivity index (χ1) is 23.9. The minimum atomic E-state index is -1.62. The van der Waals surface area contributed by atoms with Crippen LogP contribution in [0.15, 0.2) is 66.9 Å². The first kappa shape index (κ1) is 39.5. The molecule has 6 amide bonds. The van der Waals surface area contributed by atoms with Crippen molar-refractivity contribution in [1.82, 2.24) is 31.1 Å². The minimum absolute atomic E-state index is 0.137. The van der Waals surface area contributed by atoms with Crippen LogP contribution in [0, 0.1) is 0 Å². The SMILES string of the molecule is C=C(CNC(=O)N(C)c1cccc(CCC)c1)N1CCCC1C(=O)NC(CCC)C(O)C(=O)NCC(=O)NC(C(=O)N(C)C)c1ccccc1. The number of benzene rings is 2. The third-order valence-corrected chi connectivity index (χ3v) is 8.67. The average Bonchev–Trinajstić information content (AvgIpc) is 3.62. The van der Waals surface area contributed by atoms with Crippen LogP contribution in [-0.4, -0.2) is 104 Å². The number of carbonyl (C=O) groups is 5. The second kappa shape index (κ2) is 19.3. The Bertz CT molecular complexity index is 1480. The molecule has 1 heterocycles. The normalized spacial score (nSPS) is 15.6. The van der Waals surface area contributed by atoms with E-state index in [2.05, 4.69) is 34.8 Å². The van der Waals surface area contributed by atoms with Crippen molar-refractivity contribution in [1.29, 1.82) is 0 Å². The lowest BCUT2D eigenvalue weighted by Crippen LogP contribution is -2.55. The molecule has 4 unspecified atom stereocenters. The molecule has 2 aromatic rings. The van der Waals surface area contributed by atoms with E-state index in [1.165, 1.54) is 9.80 Å². The van der Waals surface area contributed by atoms with E-state index in [1.807, 2.05) is 36.1 Å². The quantitative estimate of drug-likeness (QED) is 0.170. The number of likely N-dealkylation sites (N-methyl/N-ethyl adjacent to an activating group) is 1. The van der Waals surface area contributed by atoms with Crippen molar-refractivity contribution >= 4 is 35.3 Å². The molecule has 5 N–H and O–H groups in total. The second-order valence-corrected chi connectivity index (χ2v) is 12.8. The standard InChI is InChI=1S/C37H53N7O6/c1-7-14-26-16-12-19-28(22-26)43(6)37(50)39-23-25(3)44-21-13-20-30(44)34(47)40-29(15-8-2)33(46)35(48)38-24-31(45)41-32(36(49)42(4)5)27-17-10-9-11-18-27/h9-12,16-19,22,29-30,32-33,46H,3,7-8,13-15,20-21,23-24H2,1-2,4-6H3,(H,38,48)(H,39,50)(H,40,47)(H,41,45). The maximum Gasteiger partial charge on any atom is 0.321 e. The van der Waals surface area contributed by atoms with Crippen LogP contribution < -0.4 is 26.2 Å². The number of carbonyl (C=O) groups excluding carboxylic acids is 5. The predicted octanol–water partition coefficient (Wildman–Crippen LogP) is 2.47. The van der Waals surface area contributed by atoms with Gasteiger partial charge in [0.25, 0.3) is 5.91 Å². The van der Waals surface area contributed by atoms with E-state index >= 15 is 0 Å². The Labute approximate surface area is 295 Å². The van der Waals surface area contributed by atoms with Gasteiger partial charge < -0.3 is 36.2 Å². The fourth-order valence-corrected chi connectivity index (χ4v) is 5.90. The summed E-state index contributed by atoms with van der Waals surface area (Å²) < 4.78 is 0. The highest BCUT2D eigenvalue weighted by Gasteiger charge is 2.35. The number of hydrogen-bond donors (Lipinski definition) is 5. The molecule has 4 atom stereocenters. The summed E-state index contributed by atoms with van der Waals surface area (Å²) in [5, 5.41) is 21.7. The zero-order valence-electron chi connectivity index (χ0n) is 29.9. The Balaban J connectivity index is 1.55. The topological polar surface area (TPSA) is 163 Å². The monoisotopic (exact) mass is 691 g/mol. The molecule has 50 heavy (non-hydrogen) atoms. The summed E-state index contributed by atoms with van der Waals surface area (Å²) in [6, 6.07) is 13.8. The average molecular weight is 692 g/mol. The van der Waals surface area contributed by atoms with Gasteiger partial charge in [0.15, 0.2) is 6.10 Å². The van der Waals surface area contributed by atoms with Gasteiger partial charge in [-0.25, -0.2) is 4.79 Å². The summed E-state index contributed by atoms with van der Waals surface area (Å²) in [6.45, 7) is 8.33. The summed E-state index contributed by atoms with van der Waals surface area (Å²) in [4.78, 5) is 69.7. The van der Waals surface area contributed by atoms with Crippen LogP contribution >= 0.6 is 0 Å². The molecule has 13 heteroatoms. The number of aliphatic hydroxyl groups excluding tert-OH is 1. The predicted molar refractivity (Wildman–Crippen MR) is 193 cm³/mol. The Morgan fingerprint density at radius 1 is 0.940 bits per heavy atom. The van der Waals surface area contributed by atoms with Crippen molar-refractivity contribution in [2.75, 3.05) is 45.7 Å². The Morgan fingerprint density at radius 2 is 1.66 bits per heavy atom. The van der Waals surface area contributed by atoms with E-state index in [1.54, 1.807) is 51.5 Å². The number of aliphatic hydroxyl groups is 1. The van der Waals surface area contributed by atoms with Gasteiger partial charge in [0.2, 0.25) is 17.7 Å². The number of aryl methyl sites for hydroxylation is 1. The molecule has 1 aliphatic heterocycles. The number of hydrogen-bond acceptors (Lipinski definition) is 7. The van der Waals surface area contributed by atoms with E-state index in [4.69, 9.17) is 0 Å². The molecule has 2 aromatic carbocycles. The molecular formula is C37H53N7O6. The molecule has 0 radical (unpaired) electrons. The Hall–Kier alpha value is -4.91. The highest BCUT2D eigenvalue weighted by atomic mass is 16.3. The van der Waals surface area contributed by atoms with E-state index in [0.29, 0.717) is 37.1 Å². The molecule has 0 aliphatic carbocycles. The van der Waals surface area contributed by atoms with Crippen LogP contribution in [0.5, 0.6) is 0 Å². The molecule has 0 spiro atoms. The first-order valence-electron chi connectivity index (χ1n) is 17.2. The molecular weight excluding hydrogens is 638 g/mol.